The summed E-state index contributed by atoms with van der Waals surface area (Å²) < 4.78 is 0. The quantitative estimate of drug-likeness (QED) is 0.846. The lowest BCUT2D eigenvalue weighted by Crippen LogP contribution is -2.18. The number of carbonyl (C=O) groups is 1. The topological polar surface area (TPSA) is 29.1 Å². The molecule has 1 amide bonds. The van der Waals surface area contributed by atoms with E-state index in [9.17, 15) is 4.79 Å². The highest BCUT2D eigenvalue weighted by molar-refractivity contribution is 8.00. The molecule has 1 saturated carbocycles. The standard InChI is InChI=1S/C14H17Cl2NOS/c15-11-7-4-8-12(14(11)16)17-13(18)9-19-10-5-2-1-3-6-10/h4,7-8,10H,1-3,5-6,9H2,(H,17,18). The van der Waals surface area contributed by atoms with Crippen LogP contribution >= 0.6 is 35.0 Å². The molecule has 0 heterocycles. The van der Waals surface area contributed by atoms with Crippen molar-refractivity contribution < 1.29 is 4.79 Å². The lowest BCUT2D eigenvalue weighted by molar-refractivity contribution is -0.113. The Morgan fingerprint density at radius 2 is 2.00 bits per heavy atom. The van der Waals surface area contributed by atoms with Crippen molar-refractivity contribution in [3.63, 3.8) is 0 Å². The Balaban J connectivity index is 1.82. The Hall–Kier alpha value is -0.380. The van der Waals surface area contributed by atoms with Crippen molar-refractivity contribution in [1.29, 1.82) is 0 Å². The van der Waals surface area contributed by atoms with E-state index in [2.05, 4.69) is 5.32 Å². The van der Waals surface area contributed by atoms with E-state index in [0.717, 1.165) is 0 Å². The first kappa shape index (κ1) is 15.0. The van der Waals surface area contributed by atoms with Crippen molar-refractivity contribution in [3.8, 4) is 0 Å². The molecule has 19 heavy (non-hydrogen) atoms. The number of thioether (sulfide) groups is 1. The van der Waals surface area contributed by atoms with Gasteiger partial charge in [-0.05, 0) is 25.0 Å². The van der Waals surface area contributed by atoms with Crippen LogP contribution in [0.15, 0.2) is 18.2 Å². The highest BCUT2D eigenvalue weighted by atomic mass is 35.5. The smallest absolute Gasteiger partial charge is 0.234 e. The lowest BCUT2D eigenvalue weighted by atomic mass is 10.0. The third kappa shape index (κ3) is 4.59. The van der Waals surface area contributed by atoms with E-state index in [1.54, 1.807) is 30.0 Å². The van der Waals surface area contributed by atoms with Crippen LogP contribution in [0, 0.1) is 0 Å². The fourth-order valence-electron chi connectivity index (χ4n) is 2.21. The van der Waals surface area contributed by atoms with Crippen molar-refractivity contribution >= 4 is 46.6 Å². The summed E-state index contributed by atoms with van der Waals surface area (Å²) in [7, 11) is 0. The van der Waals surface area contributed by atoms with E-state index >= 15 is 0 Å². The van der Waals surface area contributed by atoms with Gasteiger partial charge in [0.1, 0.15) is 0 Å². The molecule has 1 N–H and O–H groups in total. The average molecular weight is 318 g/mol. The normalized spacial score (nSPS) is 16.3. The van der Waals surface area contributed by atoms with E-state index in [1.165, 1.54) is 32.1 Å². The Bertz CT molecular complexity index is 447. The molecule has 0 unspecified atom stereocenters. The highest BCUT2D eigenvalue weighted by Gasteiger charge is 2.16. The van der Waals surface area contributed by atoms with Crippen LogP contribution in [0.4, 0.5) is 5.69 Å². The van der Waals surface area contributed by atoms with Crippen LogP contribution in [0.1, 0.15) is 32.1 Å². The van der Waals surface area contributed by atoms with Crippen LogP contribution in [0.25, 0.3) is 0 Å². The van der Waals surface area contributed by atoms with E-state index in [1.807, 2.05) is 0 Å². The van der Waals surface area contributed by atoms with Crippen LogP contribution in [0.3, 0.4) is 0 Å². The minimum atomic E-state index is -0.0141. The highest BCUT2D eigenvalue weighted by Crippen LogP contribution is 2.31. The van der Waals surface area contributed by atoms with Gasteiger partial charge in [0.2, 0.25) is 5.91 Å². The molecule has 104 valence electrons. The van der Waals surface area contributed by atoms with Gasteiger partial charge in [-0.1, -0.05) is 48.5 Å². The van der Waals surface area contributed by atoms with Crippen molar-refractivity contribution in [2.24, 2.45) is 0 Å². The fourth-order valence-corrected chi connectivity index (χ4v) is 3.69. The van der Waals surface area contributed by atoms with Crippen LogP contribution in [0.5, 0.6) is 0 Å². The van der Waals surface area contributed by atoms with Crippen LogP contribution in [0.2, 0.25) is 10.0 Å². The minimum Gasteiger partial charge on any atom is -0.324 e. The van der Waals surface area contributed by atoms with E-state index in [0.29, 0.717) is 26.7 Å². The molecule has 2 nitrogen and oxygen atoms in total. The molecule has 0 spiro atoms. The van der Waals surface area contributed by atoms with Gasteiger partial charge in [0.05, 0.1) is 21.5 Å². The molecule has 1 fully saturated rings. The van der Waals surface area contributed by atoms with Gasteiger partial charge in [-0.25, -0.2) is 0 Å². The van der Waals surface area contributed by atoms with Crippen LogP contribution in [-0.4, -0.2) is 16.9 Å². The Morgan fingerprint density at radius 1 is 1.26 bits per heavy atom. The van der Waals surface area contributed by atoms with Gasteiger partial charge < -0.3 is 5.32 Å². The summed E-state index contributed by atoms with van der Waals surface area (Å²) in [6.45, 7) is 0. The monoisotopic (exact) mass is 317 g/mol. The fraction of sp³-hybridized carbons (Fsp3) is 0.500. The Morgan fingerprint density at radius 3 is 2.74 bits per heavy atom. The molecule has 0 saturated heterocycles. The molecular weight excluding hydrogens is 301 g/mol. The maximum Gasteiger partial charge on any atom is 0.234 e. The number of carbonyl (C=O) groups excluding carboxylic acids is 1. The lowest BCUT2D eigenvalue weighted by Gasteiger charge is -2.20. The zero-order chi connectivity index (χ0) is 13.7. The number of hydrogen-bond acceptors (Lipinski definition) is 2. The number of nitrogens with one attached hydrogen (secondary N) is 1. The molecule has 2 rings (SSSR count). The first-order valence-corrected chi connectivity index (χ1v) is 8.33. The summed E-state index contributed by atoms with van der Waals surface area (Å²) in [4.78, 5) is 11.9. The molecule has 0 radical (unpaired) electrons. The second-order valence-electron chi connectivity index (χ2n) is 4.72. The average Bonchev–Trinajstić information content (AvgIpc) is 2.43. The zero-order valence-corrected chi connectivity index (χ0v) is 13.0. The summed E-state index contributed by atoms with van der Waals surface area (Å²) in [6, 6.07) is 5.24. The molecule has 5 heteroatoms. The van der Waals surface area contributed by atoms with Crippen LogP contribution < -0.4 is 5.32 Å². The predicted molar refractivity (Wildman–Crippen MR) is 84.4 cm³/mol. The van der Waals surface area contributed by atoms with Gasteiger partial charge in [0, 0.05) is 5.25 Å². The number of benzene rings is 1. The maximum absolute atomic E-state index is 11.9. The van der Waals surface area contributed by atoms with Crippen molar-refractivity contribution in [3.05, 3.63) is 28.2 Å². The number of halogens is 2. The largest absolute Gasteiger partial charge is 0.324 e. The molecule has 1 aliphatic rings. The zero-order valence-electron chi connectivity index (χ0n) is 10.6. The number of anilines is 1. The minimum absolute atomic E-state index is 0.0141. The SMILES string of the molecule is O=C(CSC1CCCCC1)Nc1cccc(Cl)c1Cl. The number of rotatable bonds is 4. The third-order valence-corrected chi connectivity index (χ3v) is 5.42. The molecule has 1 aliphatic carbocycles. The molecule has 0 aromatic heterocycles. The molecule has 0 atom stereocenters. The molecule has 0 bridgehead atoms. The number of amides is 1. The summed E-state index contributed by atoms with van der Waals surface area (Å²) in [6.07, 6.45) is 6.38. The Labute approximate surface area is 128 Å². The van der Waals surface area contributed by atoms with E-state index in [4.69, 9.17) is 23.2 Å². The van der Waals surface area contributed by atoms with E-state index in [-0.39, 0.29) is 5.91 Å². The van der Waals surface area contributed by atoms with Gasteiger partial charge >= 0.3 is 0 Å². The molecule has 0 aliphatic heterocycles. The summed E-state index contributed by atoms with van der Waals surface area (Å²) >= 11 is 13.7. The first-order chi connectivity index (χ1) is 9.16. The van der Waals surface area contributed by atoms with Gasteiger partial charge in [-0.2, -0.15) is 0 Å². The number of hydrogen-bond donors (Lipinski definition) is 1. The van der Waals surface area contributed by atoms with Crippen molar-refractivity contribution in [2.45, 2.75) is 37.4 Å². The van der Waals surface area contributed by atoms with Gasteiger partial charge in [0.25, 0.3) is 0 Å². The van der Waals surface area contributed by atoms with Crippen LogP contribution in [-0.2, 0) is 4.79 Å². The third-order valence-electron chi connectivity index (χ3n) is 3.23. The Kier molecular flexibility index (Phi) is 5.86. The second kappa shape index (κ2) is 7.41. The molecular formula is C14H17Cl2NOS. The maximum atomic E-state index is 11.9. The summed E-state index contributed by atoms with van der Waals surface area (Å²) in [5, 5.41) is 4.31. The van der Waals surface area contributed by atoms with Gasteiger partial charge in [-0.15, -0.1) is 11.8 Å². The van der Waals surface area contributed by atoms with E-state index < -0.39 is 0 Å². The second-order valence-corrected chi connectivity index (χ2v) is 6.79. The summed E-state index contributed by atoms with van der Waals surface area (Å²) in [5.74, 6) is 0.466. The molecule has 1 aromatic rings. The van der Waals surface area contributed by atoms with Crippen molar-refractivity contribution in [1.82, 2.24) is 0 Å². The molecule has 1 aromatic carbocycles. The van der Waals surface area contributed by atoms with Crippen molar-refractivity contribution in [2.75, 3.05) is 11.1 Å². The first-order valence-electron chi connectivity index (χ1n) is 6.52. The predicted octanol–water partition coefficient (Wildman–Crippen LogP) is 5.00. The summed E-state index contributed by atoms with van der Waals surface area (Å²) in [5.41, 5.74) is 0.586. The van der Waals surface area contributed by atoms with Gasteiger partial charge in [0.15, 0.2) is 0 Å². The van der Waals surface area contributed by atoms with Gasteiger partial charge in [-0.3, -0.25) is 4.79 Å².